The van der Waals surface area contributed by atoms with Crippen molar-refractivity contribution in [1.82, 2.24) is 0 Å². The minimum atomic E-state index is -4.39. The lowest BCUT2D eigenvalue weighted by Gasteiger charge is -2.60. The van der Waals surface area contributed by atoms with Crippen molar-refractivity contribution in [2.24, 2.45) is 34.5 Å². The molecule has 0 spiro atoms. The molecular weight excluding hydrogens is 340 g/mol. The van der Waals surface area contributed by atoms with Gasteiger partial charge in [0.05, 0.1) is 12.2 Å². The fourth-order valence-corrected chi connectivity index (χ4v) is 8.10. The monoisotopic (exact) mass is 372 g/mol. The largest absolute Gasteiger partial charge is 0.397 e. The summed E-state index contributed by atoms with van der Waals surface area (Å²) < 4.78 is 36.8. The maximum atomic E-state index is 11.3. The van der Waals surface area contributed by atoms with Gasteiger partial charge >= 0.3 is 10.4 Å². The molecule has 6 heteroatoms. The van der Waals surface area contributed by atoms with E-state index in [1.165, 1.54) is 12.8 Å². The molecule has 25 heavy (non-hydrogen) atoms. The van der Waals surface area contributed by atoms with E-state index in [0.29, 0.717) is 29.1 Å². The highest BCUT2D eigenvalue weighted by atomic mass is 32.3. The molecule has 3 unspecified atom stereocenters. The molecule has 0 aromatic carbocycles. The third-order valence-corrected chi connectivity index (χ3v) is 9.26. The minimum Gasteiger partial charge on any atom is -0.393 e. The number of hydrogen-bond donors (Lipinski definition) is 2. The second-order valence-corrected chi connectivity index (χ2v) is 10.8. The third kappa shape index (κ3) is 2.88. The first kappa shape index (κ1) is 18.2. The Kier molecular flexibility index (Phi) is 4.31. The molecule has 0 aliphatic heterocycles. The van der Waals surface area contributed by atoms with Crippen LogP contribution >= 0.6 is 0 Å². The fourth-order valence-electron chi connectivity index (χ4n) is 7.49. The zero-order valence-corrected chi connectivity index (χ0v) is 16.2. The average Bonchev–Trinajstić information content (AvgIpc) is 2.83. The lowest BCUT2D eigenvalue weighted by Crippen LogP contribution is -2.54. The number of hydrogen-bond acceptors (Lipinski definition) is 4. The standard InChI is InChI=1S/C19H32O5S/c1-18-9-7-13(20)11-12(18)3-4-14-15-5-6-17(24-25(21,22)23)19(15,2)10-8-16(14)18/h12-17,20H,3-11H2,1-2H3,(H,21,22,23)/t12?,13?,14-,15-,16+,17?,18-,19-/m0/s1. The van der Waals surface area contributed by atoms with Crippen molar-refractivity contribution < 1.29 is 22.3 Å². The SMILES string of the molecule is C[C@]12CCC(O)CC1CC[C@@H]1[C@H]2CC[C@]2(C)C(OS(=O)(=O)O)CC[C@@H]12. The van der Waals surface area contributed by atoms with Gasteiger partial charge in [0, 0.05) is 0 Å². The van der Waals surface area contributed by atoms with E-state index in [9.17, 15) is 13.5 Å². The number of aliphatic hydroxyl groups excluding tert-OH is 1. The molecule has 0 saturated heterocycles. The highest BCUT2D eigenvalue weighted by Gasteiger charge is 2.61. The van der Waals surface area contributed by atoms with Gasteiger partial charge in [-0.05, 0) is 92.3 Å². The van der Waals surface area contributed by atoms with Crippen molar-refractivity contribution in [3.05, 3.63) is 0 Å². The predicted octanol–water partition coefficient (Wildman–Crippen LogP) is 3.58. The lowest BCUT2D eigenvalue weighted by molar-refractivity contribution is -0.131. The van der Waals surface area contributed by atoms with Gasteiger partial charge in [-0.2, -0.15) is 8.42 Å². The van der Waals surface area contributed by atoms with Gasteiger partial charge in [-0.1, -0.05) is 13.8 Å². The molecule has 4 fully saturated rings. The van der Waals surface area contributed by atoms with Crippen LogP contribution in [0.15, 0.2) is 0 Å². The summed E-state index contributed by atoms with van der Waals surface area (Å²) >= 11 is 0. The Bertz CT molecular complexity index is 634. The van der Waals surface area contributed by atoms with Gasteiger partial charge in [0.1, 0.15) is 0 Å². The lowest BCUT2D eigenvalue weighted by atomic mass is 9.45. The summed E-state index contributed by atoms with van der Waals surface area (Å²) in [4.78, 5) is 0. The maximum absolute atomic E-state index is 11.3. The molecule has 0 aromatic heterocycles. The zero-order valence-electron chi connectivity index (χ0n) is 15.4. The number of aliphatic hydroxyl groups is 1. The zero-order chi connectivity index (χ0) is 18.0. The maximum Gasteiger partial charge on any atom is 0.397 e. The highest BCUT2D eigenvalue weighted by Crippen LogP contribution is 2.66. The van der Waals surface area contributed by atoms with Crippen LogP contribution in [-0.4, -0.2) is 30.3 Å². The Balaban J connectivity index is 1.58. The summed E-state index contributed by atoms with van der Waals surface area (Å²) in [5.74, 6) is 2.43. The molecule has 0 bridgehead atoms. The average molecular weight is 373 g/mol. The van der Waals surface area contributed by atoms with E-state index in [-0.39, 0.29) is 17.6 Å². The van der Waals surface area contributed by atoms with Crippen molar-refractivity contribution in [3.63, 3.8) is 0 Å². The molecule has 0 amide bonds. The molecular formula is C19H32O5S. The molecule has 8 atom stereocenters. The van der Waals surface area contributed by atoms with Gasteiger partial charge in [-0.15, -0.1) is 0 Å². The van der Waals surface area contributed by atoms with Crippen LogP contribution in [0.3, 0.4) is 0 Å². The Morgan fingerprint density at radius 2 is 1.60 bits per heavy atom. The van der Waals surface area contributed by atoms with Crippen LogP contribution in [0.5, 0.6) is 0 Å². The molecule has 0 heterocycles. The molecule has 0 aromatic rings. The first-order valence-corrected chi connectivity index (χ1v) is 11.3. The highest BCUT2D eigenvalue weighted by molar-refractivity contribution is 7.80. The molecule has 4 rings (SSSR count). The smallest absolute Gasteiger partial charge is 0.393 e. The second-order valence-electron chi connectivity index (χ2n) is 9.72. The third-order valence-electron chi connectivity index (χ3n) is 8.79. The summed E-state index contributed by atoms with van der Waals surface area (Å²) in [7, 11) is -4.39. The summed E-state index contributed by atoms with van der Waals surface area (Å²) in [6.07, 6.45) is 8.69. The van der Waals surface area contributed by atoms with Crippen molar-refractivity contribution in [2.45, 2.75) is 83.8 Å². The van der Waals surface area contributed by atoms with Crippen molar-refractivity contribution in [1.29, 1.82) is 0 Å². The molecule has 4 aliphatic carbocycles. The van der Waals surface area contributed by atoms with Crippen LogP contribution in [0.4, 0.5) is 0 Å². The van der Waals surface area contributed by atoms with E-state index >= 15 is 0 Å². The topological polar surface area (TPSA) is 83.8 Å². The van der Waals surface area contributed by atoms with Gasteiger partial charge in [0.25, 0.3) is 0 Å². The van der Waals surface area contributed by atoms with Crippen molar-refractivity contribution in [3.8, 4) is 0 Å². The van der Waals surface area contributed by atoms with Gasteiger partial charge in [-0.25, -0.2) is 4.18 Å². The molecule has 0 radical (unpaired) electrons. The first-order valence-electron chi connectivity index (χ1n) is 9.97. The fraction of sp³-hybridized carbons (Fsp3) is 1.00. The van der Waals surface area contributed by atoms with E-state index < -0.39 is 10.4 Å². The van der Waals surface area contributed by atoms with Crippen LogP contribution in [0, 0.1) is 34.5 Å². The molecule has 5 nitrogen and oxygen atoms in total. The van der Waals surface area contributed by atoms with Crippen LogP contribution in [-0.2, 0) is 14.6 Å². The van der Waals surface area contributed by atoms with E-state index in [1.54, 1.807) is 0 Å². The quantitative estimate of drug-likeness (QED) is 0.724. The molecule has 4 saturated carbocycles. The van der Waals surface area contributed by atoms with Gasteiger partial charge < -0.3 is 5.11 Å². The van der Waals surface area contributed by atoms with Gasteiger partial charge in [0.15, 0.2) is 0 Å². The molecule has 4 aliphatic rings. The minimum absolute atomic E-state index is 0.123. The number of rotatable bonds is 2. The molecule has 2 N–H and O–H groups in total. The first-order chi connectivity index (χ1) is 11.6. The Morgan fingerprint density at radius 1 is 0.920 bits per heavy atom. The van der Waals surface area contributed by atoms with Gasteiger partial charge in [-0.3, -0.25) is 4.55 Å². The number of fused-ring (bicyclic) bond motifs is 5. The van der Waals surface area contributed by atoms with Crippen LogP contribution in [0.1, 0.15) is 71.6 Å². The Morgan fingerprint density at radius 3 is 2.32 bits per heavy atom. The summed E-state index contributed by atoms with van der Waals surface area (Å²) in [6, 6.07) is 0. The predicted molar refractivity (Wildman–Crippen MR) is 94.2 cm³/mol. The normalized spacial score (nSPS) is 53.0. The van der Waals surface area contributed by atoms with Gasteiger partial charge in [0.2, 0.25) is 0 Å². The van der Waals surface area contributed by atoms with Crippen molar-refractivity contribution in [2.75, 3.05) is 0 Å². The van der Waals surface area contributed by atoms with Crippen LogP contribution in [0.25, 0.3) is 0 Å². The van der Waals surface area contributed by atoms with E-state index in [4.69, 9.17) is 8.74 Å². The van der Waals surface area contributed by atoms with E-state index in [0.717, 1.165) is 44.9 Å². The summed E-state index contributed by atoms with van der Waals surface area (Å²) in [6.45, 7) is 4.62. The Hall–Kier alpha value is -0.170. The van der Waals surface area contributed by atoms with E-state index in [1.807, 2.05) is 0 Å². The second kappa shape index (κ2) is 5.91. The van der Waals surface area contributed by atoms with Crippen LogP contribution in [0.2, 0.25) is 0 Å². The van der Waals surface area contributed by atoms with Crippen molar-refractivity contribution >= 4 is 10.4 Å². The summed E-state index contributed by atoms with van der Waals surface area (Å²) in [5, 5.41) is 10.1. The molecule has 144 valence electrons. The van der Waals surface area contributed by atoms with E-state index in [2.05, 4.69) is 13.8 Å². The summed E-state index contributed by atoms with van der Waals surface area (Å²) in [5.41, 5.74) is 0.180. The Labute approximate surface area is 151 Å². The van der Waals surface area contributed by atoms with Crippen LogP contribution < -0.4 is 0 Å².